The molecule has 1 aromatic rings. The van der Waals surface area contributed by atoms with E-state index in [1.807, 2.05) is 6.20 Å². The third-order valence-corrected chi connectivity index (χ3v) is 2.06. The first-order valence-electron chi connectivity index (χ1n) is 5.09. The number of carbonyl (C=O) groups is 1. The van der Waals surface area contributed by atoms with Gasteiger partial charge in [0.2, 0.25) is 5.91 Å². The smallest absolute Gasteiger partial charge is 0.219 e. The van der Waals surface area contributed by atoms with E-state index >= 15 is 0 Å². The van der Waals surface area contributed by atoms with E-state index in [9.17, 15) is 4.79 Å². The van der Waals surface area contributed by atoms with Crippen molar-refractivity contribution in [3.63, 3.8) is 0 Å². The van der Waals surface area contributed by atoms with E-state index in [4.69, 9.17) is 11.5 Å². The minimum atomic E-state index is -0.324. The lowest BCUT2D eigenvalue weighted by Crippen LogP contribution is -2.14. The van der Waals surface area contributed by atoms with Gasteiger partial charge >= 0.3 is 0 Å². The normalized spacial score (nSPS) is 10.5. The number of hydrogen-bond donors (Lipinski definition) is 2. The van der Waals surface area contributed by atoms with Gasteiger partial charge in [0.15, 0.2) is 0 Å². The predicted octanol–water partition coefficient (Wildman–Crippen LogP) is -0.565. The van der Waals surface area contributed by atoms with Crippen molar-refractivity contribution in [3.05, 3.63) is 11.9 Å². The topological polar surface area (TPSA) is 99.8 Å². The van der Waals surface area contributed by atoms with Crippen LogP contribution in [-0.4, -0.2) is 27.4 Å². The zero-order chi connectivity index (χ0) is 11.1. The summed E-state index contributed by atoms with van der Waals surface area (Å²) in [5, 5.41) is 7.88. The molecule has 6 heteroatoms. The van der Waals surface area contributed by atoms with Crippen LogP contribution in [0.2, 0.25) is 0 Å². The standard InChI is InChI=1S/C9H17N5O/c10-5-2-1-3-8-7-14(13-12-8)6-4-9(11)15/h7H,1-6,10H2,(H2,11,15). The molecule has 0 aliphatic heterocycles. The highest BCUT2D eigenvalue weighted by atomic mass is 16.1. The van der Waals surface area contributed by atoms with Crippen molar-refractivity contribution in [3.8, 4) is 0 Å². The average Bonchev–Trinajstić information content (AvgIpc) is 2.63. The molecular formula is C9H17N5O. The number of aryl methyl sites for hydroxylation is 2. The van der Waals surface area contributed by atoms with Crippen LogP contribution in [0.1, 0.15) is 25.0 Å². The summed E-state index contributed by atoms with van der Waals surface area (Å²) in [6.07, 6.45) is 5.04. The Labute approximate surface area is 88.6 Å². The molecule has 0 aliphatic carbocycles. The number of primary amides is 1. The van der Waals surface area contributed by atoms with Crippen molar-refractivity contribution in [2.75, 3.05) is 6.54 Å². The molecule has 0 unspecified atom stereocenters. The Kier molecular flexibility index (Phi) is 4.76. The van der Waals surface area contributed by atoms with Gasteiger partial charge in [0.25, 0.3) is 0 Å². The zero-order valence-corrected chi connectivity index (χ0v) is 8.72. The molecule has 0 aromatic carbocycles. The first-order valence-corrected chi connectivity index (χ1v) is 5.09. The molecular weight excluding hydrogens is 194 g/mol. The van der Waals surface area contributed by atoms with Crippen LogP contribution < -0.4 is 11.5 Å². The largest absolute Gasteiger partial charge is 0.370 e. The minimum Gasteiger partial charge on any atom is -0.370 e. The maximum absolute atomic E-state index is 10.5. The van der Waals surface area contributed by atoms with Gasteiger partial charge in [-0.1, -0.05) is 5.21 Å². The lowest BCUT2D eigenvalue weighted by molar-refractivity contribution is -0.118. The highest BCUT2D eigenvalue weighted by Gasteiger charge is 2.01. The van der Waals surface area contributed by atoms with Crippen molar-refractivity contribution >= 4 is 5.91 Å². The summed E-state index contributed by atoms with van der Waals surface area (Å²) < 4.78 is 1.64. The second kappa shape index (κ2) is 6.13. The van der Waals surface area contributed by atoms with Crippen molar-refractivity contribution in [1.82, 2.24) is 15.0 Å². The molecule has 1 aromatic heterocycles. The van der Waals surface area contributed by atoms with Gasteiger partial charge in [-0.25, -0.2) is 0 Å². The van der Waals surface area contributed by atoms with Crippen LogP contribution in [-0.2, 0) is 17.8 Å². The SMILES string of the molecule is NCCCCc1cn(CCC(N)=O)nn1. The van der Waals surface area contributed by atoms with E-state index in [0.29, 0.717) is 19.5 Å². The maximum atomic E-state index is 10.5. The molecule has 15 heavy (non-hydrogen) atoms. The van der Waals surface area contributed by atoms with Crippen LogP contribution in [0.15, 0.2) is 6.20 Å². The molecule has 0 atom stereocenters. The van der Waals surface area contributed by atoms with Crippen LogP contribution in [0, 0.1) is 0 Å². The molecule has 1 amide bonds. The van der Waals surface area contributed by atoms with Gasteiger partial charge in [-0.3, -0.25) is 9.48 Å². The molecule has 4 N–H and O–H groups in total. The number of amides is 1. The Morgan fingerprint density at radius 3 is 2.93 bits per heavy atom. The number of carbonyl (C=O) groups excluding carboxylic acids is 1. The number of nitrogens with two attached hydrogens (primary N) is 2. The zero-order valence-electron chi connectivity index (χ0n) is 8.72. The fourth-order valence-electron chi connectivity index (χ4n) is 1.24. The van der Waals surface area contributed by atoms with Crippen LogP contribution in [0.25, 0.3) is 0 Å². The number of aromatic nitrogens is 3. The Morgan fingerprint density at radius 1 is 1.47 bits per heavy atom. The fraction of sp³-hybridized carbons (Fsp3) is 0.667. The fourth-order valence-corrected chi connectivity index (χ4v) is 1.24. The van der Waals surface area contributed by atoms with E-state index < -0.39 is 0 Å². The molecule has 0 radical (unpaired) electrons. The molecule has 0 spiro atoms. The van der Waals surface area contributed by atoms with Gasteiger partial charge in [0.1, 0.15) is 0 Å². The van der Waals surface area contributed by atoms with E-state index in [1.54, 1.807) is 4.68 Å². The van der Waals surface area contributed by atoms with Crippen molar-refractivity contribution in [1.29, 1.82) is 0 Å². The van der Waals surface area contributed by atoms with Gasteiger partial charge < -0.3 is 11.5 Å². The van der Waals surface area contributed by atoms with Crippen LogP contribution in [0.4, 0.5) is 0 Å². The summed E-state index contributed by atoms with van der Waals surface area (Å²) in [7, 11) is 0. The van der Waals surface area contributed by atoms with Crippen LogP contribution >= 0.6 is 0 Å². The van der Waals surface area contributed by atoms with E-state index in [0.717, 1.165) is 25.0 Å². The Bertz CT molecular complexity index is 309. The highest BCUT2D eigenvalue weighted by Crippen LogP contribution is 2.00. The van der Waals surface area contributed by atoms with E-state index in [1.165, 1.54) is 0 Å². The van der Waals surface area contributed by atoms with Crippen molar-refractivity contribution in [2.45, 2.75) is 32.2 Å². The maximum Gasteiger partial charge on any atom is 0.219 e. The lowest BCUT2D eigenvalue weighted by atomic mass is 10.2. The van der Waals surface area contributed by atoms with Gasteiger partial charge in [-0.15, -0.1) is 5.10 Å². The number of nitrogens with zero attached hydrogens (tertiary/aromatic N) is 3. The highest BCUT2D eigenvalue weighted by molar-refractivity contribution is 5.73. The van der Waals surface area contributed by atoms with Gasteiger partial charge in [0.05, 0.1) is 12.2 Å². The first kappa shape index (κ1) is 11.6. The summed E-state index contributed by atoms with van der Waals surface area (Å²) in [5.74, 6) is -0.324. The molecule has 0 saturated heterocycles. The molecule has 1 heterocycles. The predicted molar refractivity (Wildman–Crippen MR) is 55.8 cm³/mol. The van der Waals surface area contributed by atoms with Crippen molar-refractivity contribution < 1.29 is 4.79 Å². The van der Waals surface area contributed by atoms with Crippen LogP contribution in [0.3, 0.4) is 0 Å². The van der Waals surface area contributed by atoms with Gasteiger partial charge in [-0.05, 0) is 25.8 Å². The Morgan fingerprint density at radius 2 is 2.27 bits per heavy atom. The number of hydrogen-bond acceptors (Lipinski definition) is 4. The second-order valence-corrected chi connectivity index (χ2v) is 3.44. The Balaban J connectivity index is 2.32. The second-order valence-electron chi connectivity index (χ2n) is 3.44. The van der Waals surface area contributed by atoms with E-state index in [-0.39, 0.29) is 5.91 Å². The number of rotatable bonds is 7. The lowest BCUT2D eigenvalue weighted by Gasteiger charge is -1.95. The van der Waals surface area contributed by atoms with Gasteiger partial charge in [-0.2, -0.15) is 0 Å². The summed E-state index contributed by atoms with van der Waals surface area (Å²) in [6, 6.07) is 0. The quantitative estimate of drug-likeness (QED) is 0.590. The molecule has 0 bridgehead atoms. The summed E-state index contributed by atoms with van der Waals surface area (Å²) in [5.41, 5.74) is 11.4. The third kappa shape index (κ3) is 4.55. The van der Waals surface area contributed by atoms with E-state index in [2.05, 4.69) is 10.3 Å². The van der Waals surface area contributed by atoms with Gasteiger partial charge in [0, 0.05) is 12.6 Å². The molecule has 0 saturated carbocycles. The molecule has 0 fully saturated rings. The number of unbranched alkanes of at least 4 members (excludes halogenated alkanes) is 1. The van der Waals surface area contributed by atoms with Crippen molar-refractivity contribution in [2.24, 2.45) is 11.5 Å². The van der Waals surface area contributed by atoms with Crippen LogP contribution in [0.5, 0.6) is 0 Å². The third-order valence-electron chi connectivity index (χ3n) is 2.06. The average molecular weight is 211 g/mol. The molecule has 84 valence electrons. The molecule has 6 nitrogen and oxygen atoms in total. The summed E-state index contributed by atoms with van der Waals surface area (Å²) >= 11 is 0. The molecule has 0 aliphatic rings. The summed E-state index contributed by atoms with van der Waals surface area (Å²) in [4.78, 5) is 10.5. The Hall–Kier alpha value is -1.43. The first-order chi connectivity index (χ1) is 7.22. The monoisotopic (exact) mass is 211 g/mol. The minimum absolute atomic E-state index is 0.297. The summed E-state index contributed by atoms with van der Waals surface area (Å²) in [6.45, 7) is 1.20. The molecule has 1 rings (SSSR count).